The van der Waals surface area contributed by atoms with Crippen molar-refractivity contribution in [2.75, 3.05) is 13.6 Å². The Morgan fingerprint density at radius 3 is 2.35 bits per heavy atom. The number of hydrogen-bond donors (Lipinski definition) is 2. The minimum Gasteiger partial charge on any atom is -0.335 e. The second kappa shape index (κ2) is 6.79. The Bertz CT molecular complexity index is 318. The Morgan fingerprint density at radius 1 is 1.25 bits per heavy atom. The molecular weight excluding hydrogens is 250 g/mol. The molecule has 0 atom stereocenters. The zero-order valence-corrected chi connectivity index (χ0v) is 13.2. The van der Waals surface area contributed by atoms with Crippen molar-refractivity contribution >= 4 is 6.03 Å². The third-order valence-corrected chi connectivity index (χ3v) is 5.69. The number of nitrogens with one attached hydrogen (secondary N) is 1. The van der Waals surface area contributed by atoms with Crippen LogP contribution in [-0.2, 0) is 0 Å². The van der Waals surface area contributed by atoms with Gasteiger partial charge in [0.15, 0.2) is 0 Å². The monoisotopic (exact) mass is 281 g/mol. The second-order valence-corrected chi connectivity index (χ2v) is 6.77. The molecule has 0 saturated heterocycles. The lowest BCUT2D eigenvalue weighted by molar-refractivity contribution is 0.0847. The van der Waals surface area contributed by atoms with Crippen molar-refractivity contribution in [1.29, 1.82) is 0 Å². The SMILES string of the molecule is CCC1CCC(CN)(N(C)C(=O)NC2CCCC2)CC1. The van der Waals surface area contributed by atoms with E-state index in [1.807, 2.05) is 11.9 Å². The number of hydrogen-bond acceptors (Lipinski definition) is 2. The molecule has 2 saturated carbocycles. The van der Waals surface area contributed by atoms with Crippen LogP contribution in [-0.4, -0.2) is 36.1 Å². The van der Waals surface area contributed by atoms with Crippen LogP contribution in [0.4, 0.5) is 4.79 Å². The topological polar surface area (TPSA) is 58.4 Å². The number of amides is 2. The Labute approximate surface area is 123 Å². The normalized spacial score (nSPS) is 31.2. The van der Waals surface area contributed by atoms with Gasteiger partial charge in [0.25, 0.3) is 0 Å². The molecule has 116 valence electrons. The van der Waals surface area contributed by atoms with E-state index in [0.29, 0.717) is 12.6 Å². The van der Waals surface area contributed by atoms with Crippen molar-refractivity contribution in [3.8, 4) is 0 Å². The summed E-state index contributed by atoms with van der Waals surface area (Å²) in [5.74, 6) is 0.820. The molecule has 2 aliphatic rings. The smallest absolute Gasteiger partial charge is 0.317 e. The van der Waals surface area contributed by atoms with Crippen molar-refractivity contribution in [3.63, 3.8) is 0 Å². The van der Waals surface area contributed by atoms with E-state index >= 15 is 0 Å². The molecule has 2 rings (SSSR count). The zero-order valence-electron chi connectivity index (χ0n) is 13.2. The molecule has 0 radical (unpaired) electrons. The molecule has 0 aromatic carbocycles. The predicted molar refractivity (Wildman–Crippen MR) is 82.6 cm³/mol. The van der Waals surface area contributed by atoms with Gasteiger partial charge < -0.3 is 16.0 Å². The van der Waals surface area contributed by atoms with Crippen LogP contribution < -0.4 is 11.1 Å². The quantitative estimate of drug-likeness (QED) is 0.832. The van der Waals surface area contributed by atoms with Gasteiger partial charge in [0, 0.05) is 19.6 Å². The van der Waals surface area contributed by atoms with Gasteiger partial charge in [-0.2, -0.15) is 0 Å². The first-order valence-electron chi connectivity index (χ1n) is 8.35. The fourth-order valence-corrected chi connectivity index (χ4v) is 3.86. The molecule has 2 fully saturated rings. The van der Waals surface area contributed by atoms with E-state index in [2.05, 4.69) is 12.2 Å². The van der Waals surface area contributed by atoms with E-state index in [0.717, 1.165) is 31.6 Å². The Kier molecular flexibility index (Phi) is 5.30. The van der Waals surface area contributed by atoms with Crippen molar-refractivity contribution in [3.05, 3.63) is 0 Å². The van der Waals surface area contributed by atoms with E-state index in [9.17, 15) is 4.79 Å². The van der Waals surface area contributed by atoms with Crippen LogP contribution in [0, 0.1) is 5.92 Å². The predicted octanol–water partition coefficient (Wildman–Crippen LogP) is 2.87. The molecule has 20 heavy (non-hydrogen) atoms. The van der Waals surface area contributed by atoms with Crippen LogP contribution in [0.5, 0.6) is 0 Å². The van der Waals surface area contributed by atoms with Crippen molar-refractivity contribution in [2.45, 2.75) is 76.3 Å². The Balaban J connectivity index is 1.93. The minimum absolute atomic E-state index is 0.0808. The van der Waals surface area contributed by atoms with Gasteiger partial charge in [0.1, 0.15) is 0 Å². The summed E-state index contributed by atoms with van der Waals surface area (Å²) < 4.78 is 0. The molecule has 3 N–H and O–H groups in total. The highest BCUT2D eigenvalue weighted by Gasteiger charge is 2.39. The lowest BCUT2D eigenvalue weighted by Gasteiger charge is -2.46. The summed E-state index contributed by atoms with van der Waals surface area (Å²) in [6.45, 7) is 2.84. The van der Waals surface area contributed by atoms with Gasteiger partial charge in [-0.05, 0) is 44.4 Å². The highest BCUT2D eigenvalue weighted by Crippen LogP contribution is 2.36. The second-order valence-electron chi connectivity index (χ2n) is 6.77. The summed E-state index contributed by atoms with van der Waals surface area (Å²) in [4.78, 5) is 14.4. The third kappa shape index (κ3) is 3.27. The number of rotatable bonds is 4. The molecular formula is C16H31N3O. The van der Waals surface area contributed by atoms with Crippen LogP contribution >= 0.6 is 0 Å². The van der Waals surface area contributed by atoms with Crippen molar-refractivity contribution < 1.29 is 4.79 Å². The van der Waals surface area contributed by atoms with Gasteiger partial charge in [-0.25, -0.2) is 4.79 Å². The molecule has 4 heteroatoms. The van der Waals surface area contributed by atoms with Crippen LogP contribution in [0.25, 0.3) is 0 Å². The van der Waals surface area contributed by atoms with Gasteiger partial charge in [-0.3, -0.25) is 0 Å². The minimum atomic E-state index is -0.117. The summed E-state index contributed by atoms with van der Waals surface area (Å²) >= 11 is 0. The molecule has 0 spiro atoms. The molecule has 0 aromatic rings. The molecule has 0 heterocycles. The van der Waals surface area contributed by atoms with Gasteiger partial charge in [-0.15, -0.1) is 0 Å². The van der Waals surface area contributed by atoms with E-state index in [-0.39, 0.29) is 11.6 Å². The number of carbonyl (C=O) groups excluding carboxylic acids is 1. The Hall–Kier alpha value is -0.770. The highest BCUT2D eigenvalue weighted by molar-refractivity contribution is 5.75. The summed E-state index contributed by atoms with van der Waals surface area (Å²) in [5.41, 5.74) is 5.93. The first-order chi connectivity index (χ1) is 9.61. The average Bonchev–Trinajstić information content (AvgIpc) is 2.99. The van der Waals surface area contributed by atoms with Crippen molar-refractivity contribution in [2.24, 2.45) is 11.7 Å². The molecule has 2 aliphatic carbocycles. The number of nitrogens with zero attached hydrogens (tertiary/aromatic N) is 1. The maximum absolute atomic E-state index is 12.5. The zero-order chi connectivity index (χ0) is 14.6. The molecule has 0 aliphatic heterocycles. The van der Waals surface area contributed by atoms with Gasteiger partial charge in [-0.1, -0.05) is 26.2 Å². The maximum Gasteiger partial charge on any atom is 0.317 e. The van der Waals surface area contributed by atoms with Crippen LogP contribution in [0.2, 0.25) is 0 Å². The lowest BCUT2D eigenvalue weighted by atomic mass is 9.75. The molecule has 0 aromatic heterocycles. The van der Waals surface area contributed by atoms with Gasteiger partial charge in [0.05, 0.1) is 5.54 Å². The molecule has 0 bridgehead atoms. The largest absolute Gasteiger partial charge is 0.335 e. The van der Waals surface area contributed by atoms with Gasteiger partial charge in [0.2, 0.25) is 0 Å². The summed E-state index contributed by atoms with van der Waals surface area (Å²) in [6.07, 6.45) is 10.5. The first-order valence-corrected chi connectivity index (χ1v) is 8.35. The van der Waals surface area contributed by atoms with Crippen LogP contribution in [0.1, 0.15) is 64.7 Å². The highest BCUT2D eigenvalue weighted by atomic mass is 16.2. The average molecular weight is 281 g/mol. The number of carbonyl (C=O) groups is 1. The number of nitrogens with two attached hydrogens (primary N) is 1. The number of urea groups is 1. The maximum atomic E-state index is 12.5. The van der Waals surface area contributed by atoms with E-state index in [4.69, 9.17) is 5.73 Å². The Morgan fingerprint density at radius 2 is 1.85 bits per heavy atom. The fraction of sp³-hybridized carbons (Fsp3) is 0.938. The fourth-order valence-electron chi connectivity index (χ4n) is 3.86. The summed E-state index contributed by atoms with van der Waals surface area (Å²) in [5, 5.41) is 3.19. The van der Waals surface area contributed by atoms with Crippen molar-refractivity contribution in [1.82, 2.24) is 10.2 Å². The van der Waals surface area contributed by atoms with Crippen LogP contribution in [0.15, 0.2) is 0 Å². The molecule has 4 nitrogen and oxygen atoms in total. The lowest BCUT2D eigenvalue weighted by Crippen LogP contribution is -2.59. The van der Waals surface area contributed by atoms with E-state index < -0.39 is 0 Å². The van der Waals surface area contributed by atoms with Crippen LogP contribution in [0.3, 0.4) is 0 Å². The van der Waals surface area contributed by atoms with E-state index in [1.54, 1.807) is 0 Å². The van der Waals surface area contributed by atoms with Gasteiger partial charge >= 0.3 is 6.03 Å². The third-order valence-electron chi connectivity index (χ3n) is 5.69. The standard InChI is InChI=1S/C16H31N3O/c1-3-13-8-10-16(12-17,11-9-13)19(2)15(20)18-14-6-4-5-7-14/h13-14H,3-12,17H2,1-2H3,(H,18,20). The summed E-state index contributed by atoms with van der Waals surface area (Å²) in [7, 11) is 1.93. The molecule has 2 amide bonds. The summed E-state index contributed by atoms with van der Waals surface area (Å²) in [6, 6.07) is 0.462. The first kappa shape index (κ1) is 15.6. The van der Waals surface area contributed by atoms with E-state index in [1.165, 1.54) is 32.1 Å². The number of likely N-dealkylation sites (N-methyl/N-ethyl adjacent to an activating group) is 1. The molecule has 0 unspecified atom stereocenters.